The lowest BCUT2D eigenvalue weighted by Gasteiger charge is -2.13. The van der Waals surface area contributed by atoms with Gasteiger partial charge in [0.15, 0.2) is 0 Å². The summed E-state index contributed by atoms with van der Waals surface area (Å²) in [4.78, 5) is 0.225. The summed E-state index contributed by atoms with van der Waals surface area (Å²) in [5.74, 6) is 0. The van der Waals surface area contributed by atoms with Crippen molar-refractivity contribution in [2.45, 2.75) is 57.9 Å². The molecule has 1 aromatic rings. The Hall–Kier alpha value is -0.880. The quantitative estimate of drug-likeness (QED) is 0.873. The van der Waals surface area contributed by atoms with E-state index in [9.17, 15) is 8.42 Å². The highest BCUT2D eigenvalue weighted by Crippen LogP contribution is 2.24. The Morgan fingerprint density at radius 2 is 1.88 bits per heavy atom. The van der Waals surface area contributed by atoms with Gasteiger partial charge in [0.05, 0.1) is 11.4 Å². The summed E-state index contributed by atoms with van der Waals surface area (Å²) >= 11 is 0. The molecule has 0 radical (unpaired) electrons. The smallest absolute Gasteiger partial charge is 0.241 e. The molecule has 0 saturated heterocycles. The van der Waals surface area contributed by atoms with Crippen LogP contribution in [0.1, 0.15) is 51.5 Å². The zero-order valence-corrected chi connectivity index (χ0v) is 11.7. The van der Waals surface area contributed by atoms with E-state index >= 15 is 0 Å². The first-order valence-electron chi connectivity index (χ1n) is 5.99. The van der Waals surface area contributed by atoms with Gasteiger partial charge in [0.25, 0.3) is 0 Å². The number of aromatic nitrogens is 2. The van der Waals surface area contributed by atoms with E-state index in [0.717, 1.165) is 12.1 Å². The van der Waals surface area contributed by atoms with Crippen molar-refractivity contribution in [3.05, 3.63) is 11.4 Å². The molecule has 1 atom stereocenters. The second-order valence-electron chi connectivity index (χ2n) is 4.18. The third-order valence-electron chi connectivity index (χ3n) is 2.99. The molecule has 1 aromatic heterocycles. The molecular formula is C11H21N3O2S. The number of nitrogens with zero attached hydrogens (tertiary/aromatic N) is 2. The van der Waals surface area contributed by atoms with Gasteiger partial charge in [0.1, 0.15) is 4.90 Å². The molecule has 0 saturated carbocycles. The molecule has 1 heterocycles. The van der Waals surface area contributed by atoms with Gasteiger partial charge in [0, 0.05) is 6.04 Å². The predicted octanol–water partition coefficient (Wildman–Crippen LogP) is 1.63. The summed E-state index contributed by atoms with van der Waals surface area (Å²) < 4.78 is 25.1. The van der Waals surface area contributed by atoms with Crippen molar-refractivity contribution in [2.75, 3.05) is 0 Å². The predicted molar refractivity (Wildman–Crippen MR) is 67.4 cm³/mol. The van der Waals surface area contributed by atoms with E-state index in [4.69, 9.17) is 5.14 Å². The van der Waals surface area contributed by atoms with Crippen LogP contribution in [0.2, 0.25) is 0 Å². The maximum absolute atomic E-state index is 11.6. The van der Waals surface area contributed by atoms with Crippen LogP contribution in [0.4, 0.5) is 0 Å². The van der Waals surface area contributed by atoms with Crippen LogP contribution >= 0.6 is 0 Å². The Kier molecular flexibility index (Phi) is 4.32. The number of rotatable bonds is 5. The lowest BCUT2D eigenvalue weighted by Crippen LogP contribution is -2.16. The number of hydrogen-bond donors (Lipinski definition) is 1. The molecule has 0 bridgehead atoms. The van der Waals surface area contributed by atoms with Gasteiger partial charge in [-0.15, -0.1) is 0 Å². The molecule has 1 rings (SSSR count). The lowest BCUT2D eigenvalue weighted by molar-refractivity contribution is 0.457. The highest BCUT2D eigenvalue weighted by atomic mass is 32.2. The largest absolute Gasteiger partial charge is 0.265 e. The van der Waals surface area contributed by atoms with Gasteiger partial charge < -0.3 is 0 Å². The van der Waals surface area contributed by atoms with E-state index < -0.39 is 10.0 Å². The Morgan fingerprint density at radius 1 is 1.29 bits per heavy atom. The molecule has 17 heavy (non-hydrogen) atoms. The monoisotopic (exact) mass is 259 g/mol. The van der Waals surface area contributed by atoms with Gasteiger partial charge in [-0.3, -0.25) is 4.68 Å². The van der Waals surface area contributed by atoms with E-state index in [1.807, 2.05) is 27.7 Å². The minimum absolute atomic E-state index is 0.186. The molecule has 98 valence electrons. The van der Waals surface area contributed by atoms with Crippen molar-refractivity contribution in [3.8, 4) is 0 Å². The van der Waals surface area contributed by atoms with E-state index in [1.54, 1.807) is 4.68 Å². The van der Waals surface area contributed by atoms with Crippen LogP contribution in [-0.2, 0) is 22.9 Å². The molecular weight excluding hydrogens is 238 g/mol. The molecule has 0 aliphatic rings. The van der Waals surface area contributed by atoms with Gasteiger partial charge in [-0.1, -0.05) is 20.8 Å². The summed E-state index contributed by atoms with van der Waals surface area (Å²) in [5, 5.41) is 9.68. The van der Waals surface area contributed by atoms with Gasteiger partial charge >= 0.3 is 0 Å². The Bertz CT molecular complexity index is 491. The second kappa shape index (κ2) is 5.18. The molecule has 5 nitrogen and oxygen atoms in total. The number of sulfonamides is 1. The maximum atomic E-state index is 11.6. The molecule has 0 spiro atoms. The minimum atomic E-state index is -3.69. The summed E-state index contributed by atoms with van der Waals surface area (Å²) in [5.41, 5.74) is 1.29. The molecule has 1 unspecified atom stereocenters. The summed E-state index contributed by atoms with van der Waals surface area (Å²) in [6.07, 6.45) is 2.09. The Morgan fingerprint density at radius 3 is 2.24 bits per heavy atom. The van der Waals surface area contributed by atoms with Gasteiger partial charge in [-0.2, -0.15) is 5.10 Å². The average molecular weight is 259 g/mol. The van der Waals surface area contributed by atoms with Crippen LogP contribution < -0.4 is 5.14 Å². The fourth-order valence-electron chi connectivity index (χ4n) is 1.93. The van der Waals surface area contributed by atoms with Crippen LogP contribution in [0.15, 0.2) is 4.90 Å². The first-order chi connectivity index (χ1) is 7.86. The fourth-order valence-corrected chi connectivity index (χ4v) is 3.01. The van der Waals surface area contributed by atoms with E-state index in [0.29, 0.717) is 18.5 Å². The average Bonchev–Trinajstić information content (AvgIpc) is 2.65. The molecule has 0 aromatic carbocycles. The summed E-state index contributed by atoms with van der Waals surface area (Å²) in [7, 11) is -3.69. The van der Waals surface area contributed by atoms with Crippen LogP contribution in [-0.4, -0.2) is 18.2 Å². The van der Waals surface area contributed by atoms with Crippen molar-refractivity contribution in [1.82, 2.24) is 9.78 Å². The molecule has 6 heteroatoms. The topological polar surface area (TPSA) is 78.0 Å². The standard InChI is InChI=1S/C11H21N3O2S/c1-5-8(4)14-10(7-3)11(17(12,15)16)9(6-2)13-14/h8H,5-7H2,1-4H3,(H2,12,15,16). The van der Waals surface area contributed by atoms with E-state index in [1.165, 1.54) is 0 Å². The fraction of sp³-hybridized carbons (Fsp3) is 0.727. The van der Waals surface area contributed by atoms with Crippen molar-refractivity contribution < 1.29 is 8.42 Å². The first-order valence-corrected chi connectivity index (χ1v) is 7.54. The molecule has 0 aliphatic heterocycles. The third kappa shape index (κ3) is 2.69. The number of nitrogens with two attached hydrogens (primary N) is 1. The molecule has 0 fully saturated rings. The lowest BCUT2D eigenvalue weighted by atomic mass is 10.2. The number of hydrogen-bond acceptors (Lipinski definition) is 3. The number of aryl methyl sites for hydroxylation is 1. The van der Waals surface area contributed by atoms with Crippen LogP contribution in [0, 0.1) is 0 Å². The zero-order valence-electron chi connectivity index (χ0n) is 10.9. The molecule has 2 N–H and O–H groups in total. The Labute approximate surface area is 103 Å². The van der Waals surface area contributed by atoms with Crippen LogP contribution in [0.25, 0.3) is 0 Å². The van der Waals surface area contributed by atoms with Crippen molar-refractivity contribution in [3.63, 3.8) is 0 Å². The highest BCUT2D eigenvalue weighted by Gasteiger charge is 2.25. The van der Waals surface area contributed by atoms with E-state index in [-0.39, 0.29) is 10.9 Å². The molecule has 0 aliphatic carbocycles. The van der Waals surface area contributed by atoms with Crippen LogP contribution in [0.5, 0.6) is 0 Å². The first kappa shape index (κ1) is 14.2. The SMILES string of the molecule is CCc1nn(C(C)CC)c(CC)c1S(N)(=O)=O. The third-order valence-corrected chi connectivity index (χ3v) is 4.03. The second-order valence-corrected chi connectivity index (χ2v) is 5.67. The number of primary sulfonamides is 1. The van der Waals surface area contributed by atoms with Gasteiger partial charge in [-0.25, -0.2) is 13.6 Å². The van der Waals surface area contributed by atoms with Gasteiger partial charge in [0.2, 0.25) is 10.0 Å². The van der Waals surface area contributed by atoms with Crippen molar-refractivity contribution >= 4 is 10.0 Å². The van der Waals surface area contributed by atoms with Crippen LogP contribution in [0.3, 0.4) is 0 Å². The van der Waals surface area contributed by atoms with Gasteiger partial charge in [-0.05, 0) is 26.2 Å². The summed E-state index contributed by atoms with van der Waals surface area (Å²) in [6.45, 7) is 7.88. The minimum Gasteiger partial charge on any atom is -0.265 e. The van der Waals surface area contributed by atoms with E-state index in [2.05, 4.69) is 5.10 Å². The summed E-state index contributed by atoms with van der Waals surface area (Å²) in [6, 6.07) is 0.186. The normalized spacial score (nSPS) is 13.9. The maximum Gasteiger partial charge on any atom is 0.241 e. The van der Waals surface area contributed by atoms with Crippen molar-refractivity contribution in [2.24, 2.45) is 5.14 Å². The Balaban J connectivity index is 3.52. The molecule has 0 amide bonds. The zero-order chi connectivity index (χ0) is 13.2. The highest BCUT2D eigenvalue weighted by molar-refractivity contribution is 7.89. The van der Waals surface area contributed by atoms with Crippen molar-refractivity contribution in [1.29, 1.82) is 0 Å².